The highest BCUT2D eigenvalue weighted by Gasteiger charge is 2.60. The summed E-state index contributed by atoms with van der Waals surface area (Å²) in [6.07, 6.45) is 8.31. The van der Waals surface area contributed by atoms with Gasteiger partial charge in [0.25, 0.3) is 0 Å². The normalized spacial score (nSPS) is 34.4. The van der Waals surface area contributed by atoms with E-state index < -0.39 is 11.9 Å². The molecule has 1 aliphatic heterocycles. The molecule has 9 heteroatoms. The Bertz CT molecular complexity index is 1050. The number of piperidine rings is 1. The van der Waals surface area contributed by atoms with Gasteiger partial charge < -0.3 is 26.2 Å². The molecular weight excluding hydrogens is 487 g/mol. The molecule has 1 aromatic rings. The number of carbonyl (C=O) groups is 2. The fourth-order valence-corrected chi connectivity index (χ4v) is 8.88. The first-order valence-electron chi connectivity index (χ1n) is 14.1. The highest BCUT2D eigenvalue weighted by molar-refractivity contribution is 5.90. The number of aliphatic hydroxyl groups excluding tert-OH is 2. The van der Waals surface area contributed by atoms with Crippen LogP contribution in [-0.4, -0.2) is 64.9 Å². The predicted octanol–water partition coefficient (Wildman–Crippen LogP) is 3.38. The van der Waals surface area contributed by atoms with Crippen molar-refractivity contribution in [2.24, 2.45) is 22.7 Å². The zero-order valence-electron chi connectivity index (χ0n) is 22.7. The Hall–Kier alpha value is -2.23. The van der Waals surface area contributed by atoms with E-state index in [1.165, 1.54) is 25.3 Å². The van der Waals surface area contributed by atoms with E-state index in [4.69, 9.17) is 0 Å². The van der Waals surface area contributed by atoms with Crippen molar-refractivity contribution >= 4 is 17.6 Å². The molecule has 4 saturated carbocycles. The minimum Gasteiger partial charge on any atom is -0.394 e. The first-order chi connectivity index (χ1) is 18.0. The average Bonchev–Trinajstić information content (AvgIpc) is 2.81. The van der Waals surface area contributed by atoms with Crippen molar-refractivity contribution in [2.45, 2.75) is 83.3 Å². The molecule has 4 aliphatic carbocycles. The van der Waals surface area contributed by atoms with Crippen molar-refractivity contribution in [3.8, 4) is 0 Å². The minimum atomic E-state index is -0.654. The number of anilines is 1. The second kappa shape index (κ2) is 10.4. The number of benzene rings is 1. The lowest BCUT2D eigenvalue weighted by Crippen LogP contribution is -2.65. The van der Waals surface area contributed by atoms with Crippen LogP contribution in [0.2, 0.25) is 0 Å². The largest absolute Gasteiger partial charge is 0.394 e. The first kappa shape index (κ1) is 27.3. The van der Waals surface area contributed by atoms with Crippen molar-refractivity contribution in [1.82, 2.24) is 15.5 Å². The van der Waals surface area contributed by atoms with Crippen LogP contribution in [0.15, 0.2) is 18.2 Å². The lowest BCUT2D eigenvalue weighted by Gasteiger charge is -2.65. The second-order valence-corrected chi connectivity index (χ2v) is 13.4. The van der Waals surface area contributed by atoms with E-state index in [0.29, 0.717) is 19.0 Å². The van der Waals surface area contributed by atoms with Gasteiger partial charge >= 0.3 is 6.03 Å². The van der Waals surface area contributed by atoms with Gasteiger partial charge in [-0.05, 0) is 92.4 Å². The molecule has 5 fully saturated rings. The van der Waals surface area contributed by atoms with Gasteiger partial charge in [-0.15, -0.1) is 0 Å². The third kappa shape index (κ3) is 5.84. The van der Waals surface area contributed by atoms with E-state index in [-0.39, 0.29) is 53.1 Å². The van der Waals surface area contributed by atoms with Crippen LogP contribution in [0.25, 0.3) is 0 Å². The number of nitrogens with zero attached hydrogens (tertiary/aromatic N) is 1. The highest BCUT2D eigenvalue weighted by Crippen LogP contribution is 2.66. The Morgan fingerprint density at radius 3 is 2.45 bits per heavy atom. The number of amides is 3. The van der Waals surface area contributed by atoms with Crippen molar-refractivity contribution in [1.29, 1.82) is 0 Å². The van der Waals surface area contributed by atoms with Gasteiger partial charge in [0.15, 0.2) is 0 Å². The lowest BCUT2D eigenvalue weighted by molar-refractivity contribution is -0.128. The summed E-state index contributed by atoms with van der Waals surface area (Å²) in [7, 11) is 0. The molecule has 5 atom stereocenters. The number of carbonyl (C=O) groups excluding carboxylic acids is 2. The molecule has 1 heterocycles. The van der Waals surface area contributed by atoms with Gasteiger partial charge in [0, 0.05) is 18.6 Å². The number of nitrogens with one attached hydrogen (secondary N) is 3. The van der Waals surface area contributed by atoms with Crippen LogP contribution in [-0.2, 0) is 11.3 Å². The summed E-state index contributed by atoms with van der Waals surface area (Å²) in [5.74, 6) is -0.236. The summed E-state index contributed by atoms with van der Waals surface area (Å²) in [4.78, 5) is 27.7. The van der Waals surface area contributed by atoms with Crippen LogP contribution in [0.4, 0.5) is 14.9 Å². The van der Waals surface area contributed by atoms with Crippen LogP contribution < -0.4 is 16.0 Å². The van der Waals surface area contributed by atoms with Crippen molar-refractivity contribution in [3.05, 3.63) is 29.6 Å². The van der Waals surface area contributed by atoms with Gasteiger partial charge in [0.1, 0.15) is 5.82 Å². The van der Waals surface area contributed by atoms with Crippen LogP contribution in [0.1, 0.15) is 70.8 Å². The number of hydrogen-bond donors (Lipinski definition) is 5. The second-order valence-electron chi connectivity index (χ2n) is 13.4. The standard InChI is InChI=1S/C29H43FN4O4/c1-27-9-20-10-28(2,16-27)18-29(11-20,17-27)33-26(38)32-24-6-5-19(8-23(24)30)12-34-7-3-4-21(13-34)25(37)31-22(14-35)15-36/h5-6,8,20-22,35-36H,3-4,7,9-18H2,1-2H3,(H,31,37)(H2,32,33,38)/t20?,21?,27-,28+,29?. The lowest BCUT2D eigenvalue weighted by atomic mass is 9.43. The fraction of sp³-hybridized carbons (Fsp3) is 0.724. The zero-order valence-corrected chi connectivity index (χ0v) is 22.7. The SMILES string of the molecule is C[C@]12CC3CC(NC(=O)Nc4ccc(CN5CCCC(C(=O)NC(CO)CO)C5)cc4F)(C1)C[C@@](C)(C3)C2. The summed E-state index contributed by atoms with van der Waals surface area (Å²) >= 11 is 0. The molecule has 0 aromatic heterocycles. The number of likely N-dealkylation sites (tertiary alicyclic amines) is 1. The topological polar surface area (TPSA) is 114 Å². The van der Waals surface area contributed by atoms with Gasteiger partial charge in [0.05, 0.1) is 30.9 Å². The summed E-state index contributed by atoms with van der Waals surface area (Å²) in [5, 5.41) is 27.2. The first-order valence-corrected chi connectivity index (χ1v) is 14.1. The fourth-order valence-electron chi connectivity index (χ4n) is 8.88. The third-order valence-corrected chi connectivity index (χ3v) is 9.36. The molecule has 0 spiro atoms. The van der Waals surface area contributed by atoms with Gasteiger partial charge in [0.2, 0.25) is 5.91 Å². The number of aliphatic hydroxyl groups is 2. The number of urea groups is 1. The molecule has 0 radical (unpaired) electrons. The minimum absolute atomic E-state index is 0.170. The van der Waals surface area contributed by atoms with Crippen LogP contribution in [0.5, 0.6) is 0 Å². The van der Waals surface area contributed by atoms with Crippen molar-refractivity contribution < 1.29 is 24.2 Å². The van der Waals surface area contributed by atoms with E-state index in [9.17, 15) is 19.8 Å². The summed E-state index contributed by atoms with van der Waals surface area (Å²) < 4.78 is 15.0. The van der Waals surface area contributed by atoms with Gasteiger partial charge in [-0.1, -0.05) is 19.9 Å². The Kier molecular flexibility index (Phi) is 7.48. The quantitative estimate of drug-likeness (QED) is 0.354. The predicted molar refractivity (Wildman–Crippen MR) is 143 cm³/mol. The molecule has 3 amide bonds. The molecule has 38 heavy (non-hydrogen) atoms. The molecule has 4 bridgehead atoms. The average molecular weight is 531 g/mol. The molecule has 6 rings (SSSR count). The van der Waals surface area contributed by atoms with E-state index >= 15 is 4.39 Å². The molecule has 8 nitrogen and oxygen atoms in total. The summed E-state index contributed by atoms with van der Waals surface area (Å²) in [6.45, 7) is 5.94. The number of halogens is 1. The van der Waals surface area contributed by atoms with E-state index in [1.54, 1.807) is 6.07 Å². The Morgan fingerprint density at radius 1 is 1.11 bits per heavy atom. The molecule has 5 N–H and O–H groups in total. The van der Waals surface area contributed by atoms with Crippen LogP contribution in [0.3, 0.4) is 0 Å². The molecule has 3 unspecified atom stereocenters. The zero-order chi connectivity index (χ0) is 27.1. The Morgan fingerprint density at radius 2 is 1.82 bits per heavy atom. The molecule has 1 aromatic carbocycles. The van der Waals surface area contributed by atoms with E-state index in [0.717, 1.165) is 44.2 Å². The maximum Gasteiger partial charge on any atom is 0.319 e. The maximum atomic E-state index is 15.0. The Balaban J connectivity index is 1.16. The van der Waals surface area contributed by atoms with Gasteiger partial charge in [-0.2, -0.15) is 0 Å². The number of hydrogen-bond acceptors (Lipinski definition) is 5. The summed E-state index contributed by atoms with van der Waals surface area (Å²) in [6, 6.07) is 3.91. The van der Waals surface area contributed by atoms with Gasteiger partial charge in [-0.3, -0.25) is 9.69 Å². The smallest absolute Gasteiger partial charge is 0.319 e. The maximum absolute atomic E-state index is 15.0. The molecule has 5 aliphatic rings. The molecule has 210 valence electrons. The highest BCUT2D eigenvalue weighted by atomic mass is 19.1. The van der Waals surface area contributed by atoms with Gasteiger partial charge in [-0.25, -0.2) is 9.18 Å². The Labute approximate surface area is 224 Å². The van der Waals surface area contributed by atoms with Crippen molar-refractivity contribution in [2.75, 3.05) is 31.6 Å². The molecular formula is C29H43FN4O4. The van der Waals surface area contributed by atoms with Crippen molar-refractivity contribution in [3.63, 3.8) is 0 Å². The van der Waals surface area contributed by atoms with Crippen LogP contribution in [0, 0.1) is 28.5 Å². The van der Waals surface area contributed by atoms with E-state index in [1.807, 2.05) is 6.07 Å². The number of rotatable bonds is 8. The third-order valence-electron chi connectivity index (χ3n) is 9.36. The van der Waals surface area contributed by atoms with Crippen LogP contribution >= 0.6 is 0 Å². The van der Waals surface area contributed by atoms with E-state index in [2.05, 4.69) is 34.7 Å². The monoisotopic (exact) mass is 530 g/mol. The molecule has 1 saturated heterocycles. The summed E-state index contributed by atoms with van der Waals surface area (Å²) in [5.41, 5.74) is 1.31.